The van der Waals surface area contributed by atoms with Crippen molar-refractivity contribution in [3.63, 3.8) is 0 Å². The Bertz CT molecular complexity index is 328. The molecule has 0 fully saturated rings. The van der Waals surface area contributed by atoms with Gasteiger partial charge in [0.1, 0.15) is 5.75 Å². The number of likely N-dealkylation sites (N-methyl/N-ethyl adjacent to an activating group) is 1. The maximum atomic E-state index is 5.89. The Hall–Kier alpha value is -1.42. The van der Waals surface area contributed by atoms with Gasteiger partial charge in [0.15, 0.2) is 0 Å². The Kier molecular flexibility index (Phi) is 4.92. The fraction of sp³-hybridized carbons (Fsp3) is 0.500. The minimum absolute atomic E-state index is 0.721. The Labute approximate surface area is 97.4 Å². The van der Waals surface area contributed by atoms with E-state index in [2.05, 4.69) is 24.2 Å². The van der Waals surface area contributed by atoms with Gasteiger partial charge in [-0.2, -0.15) is 0 Å². The van der Waals surface area contributed by atoms with E-state index in [-0.39, 0.29) is 0 Å². The van der Waals surface area contributed by atoms with Gasteiger partial charge < -0.3 is 20.7 Å². The van der Waals surface area contributed by atoms with Gasteiger partial charge in [-0.05, 0) is 25.7 Å². The summed E-state index contributed by atoms with van der Waals surface area (Å²) in [6, 6.07) is 5.67. The van der Waals surface area contributed by atoms with Crippen LogP contribution in [0.4, 0.5) is 11.4 Å². The van der Waals surface area contributed by atoms with Gasteiger partial charge >= 0.3 is 0 Å². The number of ether oxygens (including phenoxy) is 1. The number of hydrogen-bond acceptors (Lipinski definition) is 4. The highest BCUT2D eigenvalue weighted by molar-refractivity contribution is 5.68. The molecule has 1 aromatic carbocycles. The zero-order valence-corrected chi connectivity index (χ0v) is 10.3. The lowest BCUT2D eigenvalue weighted by molar-refractivity contribution is 0.367. The number of methoxy groups -OCH3 is 1. The topological polar surface area (TPSA) is 50.5 Å². The summed E-state index contributed by atoms with van der Waals surface area (Å²) in [4.78, 5) is 2.24. The van der Waals surface area contributed by atoms with E-state index in [1.807, 2.05) is 18.2 Å². The molecule has 0 aliphatic rings. The Morgan fingerprint density at radius 1 is 1.44 bits per heavy atom. The molecule has 0 saturated heterocycles. The number of nitrogens with zero attached hydrogens (tertiary/aromatic N) is 1. The molecule has 0 saturated carbocycles. The van der Waals surface area contributed by atoms with Gasteiger partial charge in [-0.3, -0.25) is 0 Å². The van der Waals surface area contributed by atoms with Crippen molar-refractivity contribution in [3.8, 4) is 5.75 Å². The Balaban J connectivity index is 2.48. The fourth-order valence-electron chi connectivity index (χ4n) is 1.37. The minimum atomic E-state index is 0.721. The van der Waals surface area contributed by atoms with Crippen molar-refractivity contribution in [2.24, 2.45) is 0 Å². The Morgan fingerprint density at radius 2 is 2.19 bits per heavy atom. The third-order valence-corrected chi connectivity index (χ3v) is 2.61. The second kappa shape index (κ2) is 6.23. The molecule has 0 atom stereocenters. The largest absolute Gasteiger partial charge is 0.497 e. The normalized spacial score (nSPS) is 10.5. The molecule has 1 aromatic rings. The predicted molar refractivity (Wildman–Crippen MR) is 69.1 cm³/mol. The maximum absolute atomic E-state index is 5.89. The smallest absolute Gasteiger partial charge is 0.121 e. The molecule has 1 rings (SSSR count). The summed E-state index contributed by atoms with van der Waals surface area (Å²) in [5, 5.41) is 3.31. The van der Waals surface area contributed by atoms with Crippen molar-refractivity contribution in [2.45, 2.75) is 6.92 Å². The van der Waals surface area contributed by atoms with Crippen LogP contribution in [0.5, 0.6) is 5.75 Å². The van der Waals surface area contributed by atoms with Crippen LogP contribution in [0, 0.1) is 0 Å². The number of nitrogens with one attached hydrogen (secondary N) is 1. The molecule has 4 heteroatoms. The van der Waals surface area contributed by atoms with E-state index in [1.54, 1.807) is 7.11 Å². The lowest BCUT2D eigenvalue weighted by Crippen LogP contribution is -2.24. The number of benzene rings is 1. The van der Waals surface area contributed by atoms with Crippen LogP contribution in [0.3, 0.4) is 0 Å². The van der Waals surface area contributed by atoms with Crippen LogP contribution < -0.4 is 15.8 Å². The Morgan fingerprint density at radius 3 is 2.75 bits per heavy atom. The average molecular weight is 223 g/mol. The van der Waals surface area contributed by atoms with E-state index in [0.717, 1.165) is 36.8 Å². The lowest BCUT2D eigenvalue weighted by Gasteiger charge is -2.15. The minimum Gasteiger partial charge on any atom is -0.497 e. The monoisotopic (exact) mass is 223 g/mol. The van der Waals surface area contributed by atoms with Crippen LogP contribution in [0.25, 0.3) is 0 Å². The fourth-order valence-corrected chi connectivity index (χ4v) is 1.37. The van der Waals surface area contributed by atoms with Gasteiger partial charge in [0, 0.05) is 19.2 Å². The van der Waals surface area contributed by atoms with Crippen LogP contribution >= 0.6 is 0 Å². The molecule has 0 aliphatic carbocycles. The van der Waals surface area contributed by atoms with Crippen molar-refractivity contribution >= 4 is 11.4 Å². The summed E-state index contributed by atoms with van der Waals surface area (Å²) in [5.41, 5.74) is 7.57. The second-order valence-corrected chi connectivity index (χ2v) is 3.78. The van der Waals surface area contributed by atoms with E-state index in [0.29, 0.717) is 0 Å². The second-order valence-electron chi connectivity index (χ2n) is 3.78. The quantitative estimate of drug-likeness (QED) is 0.720. The predicted octanol–water partition coefficient (Wildman–Crippen LogP) is 1.64. The molecule has 0 amide bonds. The summed E-state index contributed by atoms with van der Waals surface area (Å²) in [6.07, 6.45) is 0. The molecule has 0 aromatic heterocycles. The molecule has 0 spiro atoms. The summed E-state index contributed by atoms with van der Waals surface area (Å²) in [7, 11) is 3.73. The summed E-state index contributed by atoms with van der Waals surface area (Å²) < 4.78 is 5.09. The average Bonchev–Trinajstić information content (AvgIpc) is 2.30. The molecule has 0 aliphatic heterocycles. The molecule has 4 nitrogen and oxygen atoms in total. The SMILES string of the molecule is CCN(C)CCNc1ccc(OC)cc1N. The number of anilines is 2. The number of nitrogens with two attached hydrogens (primary N) is 1. The van der Waals surface area contributed by atoms with Crippen molar-refractivity contribution in [1.82, 2.24) is 4.90 Å². The first-order chi connectivity index (χ1) is 7.67. The molecule has 0 radical (unpaired) electrons. The van der Waals surface area contributed by atoms with Crippen LogP contribution in [-0.2, 0) is 0 Å². The third-order valence-electron chi connectivity index (χ3n) is 2.61. The highest BCUT2D eigenvalue weighted by Gasteiger charge is 2.00. The lowest BCUT2D eigenvalue weighted by atomic mass is 10.2. The summed E-state index contributed by atoms with van der Waals surface area (Å²) in [5.74, 6) is 0.786. The van der Waals surface area contributed by atoms with Crippen molar-refractivity contribution in [3.05, 3.63) is 18.2 Å². The van der Waals surface area contributed by atoms with Crippen molar-refractivity contribution in [1.29, 1.82) is 0 Å². The zero-order chi connectivity index (χ0) is 12.0. The number of nitrogen functional groups attached to an aromatic ring is 1. The van der Waals surface area contributed by atoms with Crippen molar-refractivity contribution < 1.29 is 4.74 Å². The molecular formula is C12H21N3O. The standard InChI is InChI=1S/C12H21N3O/c1-4-15(2)8-7-14-12-6-5-10(16-3)9-11(12)13/h5-6,9,14H,4,7-8,13H2,1-3H3. The molecule has 16 heavy (non-hydrogen) atoms. The summed E-state index contributed by atoms with van der Waals surface area (Å²) >= 11 is 0. The van der Waals surface area contributed by atoms with Gasteiger partial charge in [0.05, 0.1) is 18.5 Å². The van der Waals surface area contributed by atoms with Gasteiger partial charge in [-0.1, -0.05) is 6.92 Å². The van der Waals surface area contributed by atoms with Gasteiger partial charge in [0.25, 0.3) is 0 Å². The number of hydrogen-bond donors (Lipinski definition) is 2. The first-order valence-corrected chi connectivity index (χ1v) is 5.53. The van der Waals surface area contributed by atoms with Crippen LogP contribution in [0.2, 0.25) is 0 Å². The highest BCUT2D eigenvalue weighted by atomic mass is 16.5. The zero-order valence-electron chi connectivity index (χ0n) is 10.3. The van der Waals surface area contributed by atoms with E-state index in [9.17, 15) is 0 Å². The number of rotatable bonds is 6. The summed E-state index contributed by atoms with van der Waals surface area (Å²) in [6.45, 7) is 5.09. The van der Waals surface area contributed by atoms with Gasteiger partial charge in [-0.15, -0.1) is 0 Å². The van der Waals surface area contributed by atoms with Gasteiger partial charge in [0.2, 0.25) is 0 Å². The maximum Gasteiger partial charge on any atom is 0.121 e. The third kappa shape index (κ3) is 3.62. The van der Waals surface area contributed by atoms with Gasteiger partial charge in [-0.25, -0.2) is 0 Å². The van der Waals surface area contributed by atoms with E-state index in [1.165, 1.54) is 0 Å². The molecule has 0 unspecified atom stereocenters. The van der Waals surface area contributed by atoms with E-state index < -0.39 is 0 Å². The molecule has 90 valence electrons. The van der Waals surface area contributed by atoms with Crippen molar-refractivity contribution in [2.75, 3.05) is 44.8 Å². The van der Waals surface area contributed by atoms with E-state index in [4.69, 9.17) is 10.5 Å². The first-order valence-electron chi connectivity index (χ1n) is 5.53. The molecular weight excluding hydrogens is 202 g/mol. The van der Waals surface area contributed by atoms with E-state index >= 15 is 0 Å². The molecule has 3 N–H and O–H groups in total. The van der Waals surface area contributed by atoms with Crippen LogP contribution in [-0.4, -0.2) is 38.7 Å². The molecule has 0 bridgehead atoms. The van der Waals surface area contributed by atoms with Crippen LogP contribution in [0.15, 0.2) is 18.2 Å². The molecule has 0 heterocycles. The van der Waals surface area contributed by atoms with Crippen LogP contribution in [0.1, 0.15) is 6.92 Å². The first kappa shape index (κ1) is 12.6. The highest BCUT2D eigenvalue weighted by Crippen LogP contribution is 2.23.